The fourth-order valence-electron chi connectivity index (χ4n) is 5.28. The lowest BCUT2D eigenvalue weighted by Gasteiger charge is -2.12. The summed E-state index contributed by atoms with van der Waals surface area (Å²) in [6.07, 6.45) is 0. The molecular weight excluding hydrogens is 496 g/mol. The molecule has 0 aliphatic carbocycles. The lowest BCUT2D eigenvalue weighted by Crippen LogP contribution is -2.02. The van der Waals surface area contributed by atoms with Crippen LogP contribution in [0.1, 0.15) is 0 Å². The number of nitrogens with zero attached hydrogens (tertiary/aromatic N) is 4. The first-order valence-electron chi connectivity index (χ1n) is 12.8. The van der Waals surface area contributed by atoms with Crippen molar-refractivity contribution in [3.8, 4) is 34.3 Å². The number of benzene rings is 5. The van der Waals surface area contributed by atoms with Crippen LogP contribution >= 0.6 is 11.3 Å². The normalized spacial score (nSPS) is 11.6. The van der Waals surface area contributed by atoms with Gasteiger partial charge < -0.3 is 0 Å². The van der Waals surface area contributed by atoms with E-state index < -0.39 is 0 Å². The van der Waals surface area contributed by atoms with E-state index in [2.05, 4.69) is 60.7 Å². The van der Waals surface area contributed by atoms with Crippen LogP contribution in [0.2, 0.25) is 0 Å². The number of rotatable bonds is 3. The maximum Gasteiger partial charge on any atom is 0.183 e. The van der Waals surface area contributed by atoms with E-state index in [0.29, 0.717) is 17.5 Å². The van der Waals surface area contributed by atoms with Gasteiger partial charge in [0.1, 0.15) is 5.69 Å². The smallest absolute Gasteiger partial charge is 0.183 e. The summed E-state index contributed by atoms with van der Waals surface area (Å²) in [5, 5.41) is 5.78. The van der Waals surface area contributed by atoms with Crippen LogP contribution in [0.5, 0.6) is 0 Å². The molecule has 0 aliphatic rings. The van der Waals surface area contributed by atoms with E-state index in [1.54, 1.807) is 11.3 Å². The van der Waals surface area contributed by atoms with Crippen LogP contribution in [0, 0.1) is 0 Å². The van der Waals surface area contributed by atoms with Crippen LogP contribution in [-0.2, 0) is 0 Å². The summed E-state index contributed by atoms with van der Waals surface area (Å²) in [4.78, 5) is 20.2. The van der Waals surface area contributed by atoms with Crippen molar-refractivity contribution >= 4 is 53.2 Å². The molecule has 4 nitrogen and oxygen atoms in total. The summed E-state index contributed by atoms with van der Waals surface area (Å²) >= 11 is 1.79. The molecule has 0 bridgehead atoms. The fourth-order valence-corrected chi connectivity index (χ4v) is 6.48. The van der Waals surface area contributed by atoms with Crippen molar-refractivity contribution in [1.82, 2.24) is 19.9 Å². The summed E-state index contributed by atoms with van der Waals surface area (Å²) in [5.74, 6) is 1.83. The highest BCUT2D eigenvalue weighted by molar-refractivity contribution is 7.26. The molecule has 0 amide bonds. The van der Waals surface area contributed by atoms with Gasteiger partial charge in [0.2, 0.25) is 0 Å². The summed E-state index contributed by atoms with van der Waals surface area (Å²) < 4.78 is 2.44. The van der Waals surface area contributed by atoms with Crippen molar-refractivity contribution in [2.75, 3.05) is 0 Å². The third-order valence-electron chi connectivity index (χ3n) is 7.13. The predicted octanol–water partition coefficient (Wildman–Crippen LogP) is 8.94. The molecule has 0 saturated carbocycles. The highest BCUT2D eigenvalue weighted by Gasteiger charge is 2.19. The van der Waals surface area contributed by atoms with Gasteiger partial charge in [0.25, 0.3) is 0 Å². The zero-order valence-electron chi connectivity index (χ0n) is 20.7. The Kier molecular flexibility index (Phi) is 4.96. The molecule has 0 N–H and O–H groups in total. The Hall–Kier alpha value is -5.00. The lowest BCUT2D eigenvalue weighted by molar-refractivity contribution is 1.07. The standard InChI is InChI=1S/C34H20N4S/c1-3-11-21(12-4-1)32-36-33(22-13-5-2-6-14-22)38-34(37-32)30-25-17-8-7-15-23(25)26-19-20-27-24-16-9-10-18-28(24)39-31(27)29(26)35-30/h1-20H. The largest absolute Gasteiger partial charge is 0.242 e. The summed E-state index contributed by atoms with van der Waals surface area (Å²) in [6.45, 7) is 0. The molecule has 5 heteroatoms. The molecule has 8 aromatic rings. The quantitative estimate of drug-likeness (QED) is 0.220. The first-order valence-corrected chi connectivity index (χ1v) is 13.7. The number of hydrogen-bond donors (Lipinski definition) is 0. The Bertz CT molecular complexity index is 2110. The number of hydrogen-bond acceptors (Lipinski definition) is 5. The first kappa shape index (κ1) is 22.0. The van der Waals surface area contributed by atoms with Crippen molar-refractivity contribution in [2.24, 2.45) is 0 Å². The first-order chi connectivity index (χ1) is 19.3. The van der Waals surface area contributed by atoms with Crippen LogP contribution in [0.4, 0.5) is 0 Å². The van der Waals surface area contributed by atoms with E-state index in [4.69, 9.17) is 19.9 Å². The minimum absolute atomic E-state index is 0.568. The minimum atomic E-state index is 0.568. The third kappa shape index (κ3) is 3.59. The van der Waals surface area contributed by atoms with Crippen LogP contribution < -0.4 is 0 Å². The van der Waals surface area contributed by atoms with Crippen molar-refractivity contribution in [2.45, 2.75) is 0 Å². The molecule has 3 heterocycles. The van der Waals surface area contributed by atoms with Gasteiger partial charge in [-0.05, 0) is 11.5 Å². The van der Waals surface area contributed by atoms with Crippen molar-refractivity contribution in [3.05, 3.63) is 121 Å². The number of fused-ring (bicyclic) bond motifs is 7. The van der Waals surface area contributed by atoms with E-state index in [-0.39, 0.29) is 0 Å². The molecule has 8 rings (SSSR count). The van der Waals surface area contributed by atoms with Crippen LogP contribution in [0.15, 0.2) is 121 Å². The van der Waals surface area contributed by atoms with E-state index in [0.717, 1.165) is 38.5 Å². The molecule has 0 saturated heterocycles. The highest BCUT2D eigenvalue weighted by Crippen LogP contribution is 2.41. The summed E-state index contributed by atoms with van der Waals surface area (Å²) in [6, 6.07) is 41.5. The van der Waals surface area contributed by atoms with Crippen LogP contribution in [-0.4, -0.2) is 19.9 Å². The average molecular weight is 517 g/mol. The van der Waals surface area contributed by atoms with Gasteiger partial charge in [-0.2, -0.15) is 0 Å². The molecule has 0 fully saturated rings. The van der Waals surface area contributed by atoms with Crippen LogP contribution in [0.25, 0.3) is 76.1 Å². The van der Waals surface area contributed by atoms with Crippen molar-refractivity contribution in [1.29, 1.82) is 0 Å². The Morgan fingerprint density at radius 3 is 1.62 bits per heavy atom. The van der Waals surface area contributed by atoms with E-state index in [9.17, 15) is 0 Å². The molecule has 0 radical (unpaired) electrons. The Morgan fingerprint density at radius 2 is 0.923 bits per heavy atom. The van der Waals surface area contributed by atoms with Crippen molar-refractivity contribution < 1.29 is 0 Å². The minimum Gasteiger partial charge on any atom is -0.242 e. The molecule has 0 atom stereocenters. The monoisotopic (exact) mass is 516 g/mol. The molecule has 5 aromatic carbocycles. The molecule has 0 unspecified atom stereocenters. The van der Waals surface area contributed by atoms with Gasteiger partial charge in [-0.25, -0.2) is 19.9 Å². The Labute approximate surface area is 228 Å². The third-order valence-corrected chi connectivity index (χ3v) is 8.32. The van der Waals surface area contributed by atoms with Crippen molar-refractivity contribution in [3.63, 3.8) is 0 Å². The van der Waals surface area contributed by atoms with Gasteiger partial charge in [-0.1, -0.05) is 115 Å². The van der Waals surface area contributed by atoms with E-state index in [1.807, 2.05) is 60.7 Å². The zero-order valence-corrected chi connectivity index (χ0v) is 21.6. The topological polar surface area (TPSA) is 51.6 Å². The number of pyridine rings is 1. The van der Waals surface area contributed by atoms with Gasteiger partial charge in [0, 0.05) is 37.4 Å². The van der Waals surface area contributed by atoms with Gasteiger partial charge in [0.05, 0.1) is 10.2 Å². The molecular formula is C34H20N4S. The maximum atomic E-state index is 5.32. The highest BCUT2D eigenvalue weighted by atomic mass is 32.1. The molecule has 39 heavy (non-hydrogen) atoms. The van der Waals surface area contributed by atoms with Gasteiger partial charge in [-0.3, -0.25) is 0 Å². The van der Waals surface area contributed by atoms with Gasteiger partial charge >= 0.3 is 0 Å². The second-order valence-electron chi connectivity index (χ2n) is 9.48. The van der Waals surface area contributed by atoms with Gasteiger partial charge in [-0.15, -0.1) is 11.3 Å². The molecule has 3 aromatic heterocycles. The summed E-state index contributed by atoms with van der Waals surface area (Å²) in [7, 11) is 0. The predicted molar refractivity (Wildman–Crippen MR) is 162 cm³/mol. The SMILES string of the molecule is c1ccc(-c2nc(-c3ccccc3)nc(-c3nc4c(ccc5c6ccccc6sc54)c4ccccc34)n2)cc1. The van der Waals surface area contributed by atoms with E-state index in [1.165, 1.54) is 20.2 Å². The second kappa shape index (κ2) is 8.79. The zero-order chi connectivity index (χ0) is 25.8. The maximum absolute atomic E-state index is 5.32. The second-order valence-corrected chi connectivity index (χ2v) is 10.5. The van der Waals surface area contributed by atoms with Gasteiger partial charge in [0.15, 0.2) is 17.5 Å². The van der Waals surface area contributed by atoms with Crippen LogP contribution in [0.3, 0.4) is 0 Å². The fraction of sp³-hybridized carbons (Fsp3) is 0. The summed E-state index contributed by atoms with van der Waals surface area (Å²) in [5.41, 5.74) is 3.62. The Balaban J connectivity index is 1.48. The lowest BCUT2D eigenvalue weighted by atomic mass is 10.0. The molecule has 0 spiro atoms. The number of thiophene rings is 1. The molecule has 0 aliphatic heterocycles. The van der Waals surface area contributed by atoms with E-state index >= 15 is 0 Å². The average Bonchev–Trinajstić information content (AvgIpc) is 3.40. The molecule has 182 valence electrons. The number of aromatic nitrogens is 4. The Morgan fingerprint density at radius 1 is 0.385 bits per heavy atom.